The SMILES string of the molecule is C#CCCCCCCCCCC(CCCCCCCCCCC(=O)O)(C(=O)O)C(=O)ONC(=O)CCCC=O. The molecule has 0 aliphatic rings. The number of hydrogen-bond acceptors (Lipinski definition) is 6. The lowest BCUT2D eigenvalue weighted by Gasteiger charge is -2.27. The molecule has 0 aromatic carbocycles. The van der Waals surface area contributed by atoms with Crippen molar-refractivity contribution in [2.24, 2.45) is 5.41 Å². The molecule has 0 aromatic rings. The minimum atomic E-state index is -1.72. The zero-order chi connectivity index (χ0) is 29.2. The largest absolute Gasteiger partial charge is 0.481 e. The van der Waals surface area contributed by atoms with Crippen molar-refractivity contribution in [3.63, 3.8) is 0 Å². The van der Waals surface area contributed by atoms with Gasteiger partial charge in [-0.25, -0.2) is 4.79 Å². The molecule has 0 aliphatic carbocycles. The molecule has 1 unspecified atom stereocenters. The maximum atomic E-state index is 13.0. The van der Waals surface area contributed by atoms with Gasteiger partial charge in [-0.2, -0.15) is 5.48 Å². The number of hydroxylamine groups is 1. The molecule has 0 aliphatic heterocycles. The van der Waals surface area contributed by atoms with Gasteiger partial charge in [0, 0.05) is 25.7 Å². The summed E-state index contributed by atoms with van der Waals surface area (Å²) in [5.41, 5.74) is 0.338. The summed E-state index contributed by atoms with van der Waals surface area (Å²) in [6.07, 6.45) is 21.0. The van der Waals surface area contributed by atoms with Crippen LogP contribution < -0.4 is 5.48 Å². The highest BCUT2D eigenvalue weighted by atomic mass is 16.7. The number of amides is 1. The van der Waals surface area contributed by atoms with E-state index in [1.165, 1.54) is 0 Å². The first-order valence-electron chi connectivity index (χ1n) is 14.6. The van der Waals surface area contributed by atoms with Crippen LogP contribution in [-0.4, -0.2) is 40.3 Å². The second-order valence-electron chi connectivity index (χ2n) is 10.3. The molecule has 0 spiro atoms. The molecule has 3 N–H and O–H groups in total. The molecule has 0 radical (unpaired) electrons. The maximum Gasteiger partial charge on any atom is 0.349 e. The highest BCUT2D eigenvalue weighted by Gasteiger charge is 2.47. The van der Waals surface area contributed by atoms with Crippen LogP contribution in [0.15, 0.2) is 0 Å². The van der Waals surface area contributed by atoms with Gasteiger partial charge in [-0.15, -0.1) is 12.3 Å². The molecule has 39 heavy (non-hydrogen) atoms. The minimum absolute atomic E-state index is 0.00371. The van der Waals surface area contributed by atoms with Crippen molar-refractivity contribution in [2.75, 3.05) is 0 Å². The number of carboxylic acids is 2. The Morgan fingerprint density at radius 3 is 1.67 bits per heavy atom. The Hall–Kier alpha value is -2.89. The molecular formula is C30H49NO8. The van der Waals surface area contributed by atoms with Crippen LogP contribution >= 0.6 is 0 Å². The Morgan fingerprint density at radius 1 is 0.718 bits per heavy atom. The monoisotopic (exact) mass is 551 g/mol. The van der Waals surface area contributed by atoms with Gasteiger partial charge in [-0.3, -0.25) is 14.4 Å². The second-order valence-corrected chi connectivity index (χ2v) is 10.3. The first-order chi connectivity index (χ1) is 18.8. The molecule has 0 bridgehead atoms. The number of rotatable bonds is 26. The van der Waals surface area contributed by atoms with Gasteiger partial charge in [0.25, 0.3) is 5.91 Å². The molecule has 0 saturated heterocycles. The van der Waals surface area contributed by atoms with Crippen LogP contribution in [0.2, 0.25) is 0 Å². The fraction of sp³-hybridized carbons (Fsp3) is 0.767. The third-order valence-corrected chi connectivity index (χ3v) is 6.95. The van der Waals surface area contributed by atoms with Crippen LogP contribution in [0.3, 0.4) is 0 Å². The van der Waals surface area contributed by atoms with E-state index in [-0.39, 0.29) is 32.1 Å². The van der Waals surface area contributed by atoms with E-state index in [1.54, 1.807) is 0 Å². The number of terminal acetylenes is 1. The van der Waals surface area contributed by atoms with E-state index in [1.807, 2.05) is 0 Å². The molecule has 0 aromatic heterocycles. The van der Waals surface area contributed by atoms with Gasteiger partial charge in [0.15, 0.2) is 5.41 Å². The maximum absolute atomic E-state index is 13.0. The lowest BCUT2D eigenvalue weighted by atomic mass is 9.77. The average Bonchev–Trinajstić information content (AvgIpc) is 2.90. The Balaban J connectivity index is 4.76. The number of hydrogen-bond donors (Lipinski definition) is 3. The summed E-state index contributed by atoms with van der Waals surface area (Å²) in [5.74, 6) is -0.908. The van der Waals surface area contributed by atoms with Gasteiger partial charge in [-0.05, 0) is 32.1 Å². The lowest BCUT2D eigenvalue weighted by Crippen LogP contribution is -2.44. The third kappa shape index (κ3) is 18.9. The minimum Gasteiger partial charge on any atom is -0.481 e. The number of nitrogens with one attached hydrogen (secondary N) is 1. The first-order valence-corrected chi connectivity index (χ1v) is 14.6. The van der Waals surface area contributed by atoms with Crippen LogP contribution in [0.4, 0.5) is 0 Å². The summed E-state index contributed by atoms with van der Waals surface area (Å²) in [7, 11) is 0. The van der Waals surface area contributed by atoms with E-state index in [0.717, 1.165) is 83.5 Å². The van der Waals surface area contributed by atoms with Crippen molar-refractivity contribution in [3.8, 4) is 12.3 Å². The Morgan fingerprint density at radius 2 is 1.21 bits per heavy atom. The summed E-state index contributed by atoms with van der Waals surface area (Å²) in [6.45, 7) is 0. The van der Waals surface area contributed by atoms with Gasteiger partial charge in [0.05, 0.1) is 0 Å². The zero-order valence-electron chi connectivity index (χ0n) is 23.6. The quantitative estimate of drug-likeness (QED) is 0.0382. The topological polar surface area (TPSA) is 147 Å². The summed E-state index contributed by atoms with van der Waals surface area (Å²) in [5, 5.41) is 18.8. The molecule has 1 atom stereocenters. The molecule has 9 heteroatoms. The highest BCUT2D eigenvalue weighted by Crippen LogP contribution is 2.34. The van der Waals surface area contributed by atoms with E-state index >= 15 is 0 Å². The van der Waals surface area contributed by atoms with Gasteiger partial charge in [0.2, 0.25) is 0 Å². The summed E-state index contributed by atoms with van der Waals surface area (Å²) < 4.78 is 0. The van der Waals surface area contributed by atoms with Crippen LogP contribution in [0.25, 0.3) is 0 Å². The summed E-state index contributed by atoms with van der Waals surface area (Å²) >= 11 is 0. The number of aliphatic carboxylic acids is 2. The molecule has 0 saturated carbocycles. The van der Waals surface area contributed by atoms with Crippen molar-refractivity contribution in [2.45, 2.75) is 141 Å². The standard InChI is InChI=1S/C30H49NO8/c1-2-3-4-5-6-8-11-14-18-23-30(28(36)37,29(38)39-31-26(33)21-17-20-25-32)24-19-15-12-9-7-10-13-16-22-27(34)35/h1,25H,3-24H2,(H,31,33)(H,34,35)(H,36,37). The van der Waals surface area contributed by atoms with E-state index in [2.05, 4.69) is 11.4 Å². The molecule has 222 valence electrons. The second kappa shape index (κ2) is 24.2. The van der Waals surface area contributed by atoms with Crippen molar-refractivity contribution in [3.05, 3.63) is 0 Å². The number of unbranched alkanes of at least 4 members (excludes halogenated alkanes) is 15. The van der Waals surface area contributed by atoms with Crippen LogP contribution in [0.1, 0.15) is 141 Å². The fourth-order valence-corrected chi connectivity index (χ4v) is 4.53. The number of carboxylic acid groups (broad SMARTS) is 2. The van der Waals surface area contributed by atoms with Crippen molar-refractivity contribution in [1.29, 1.82) is 0 Å². The first kappa shape index (κ1) is 36.1. The Kier molecular flexibility index (Phi) is 22.4. The van der Waals surface area contributed by atoms with E-state index in [9.17, 15) is 29.1 Å². The van der Waals surface area contributed by atoms with Gasteiger partial charge in [-0.1, -0.05) is 83.5 Å². The predicted octanol–water partition coefficient (Wildman–Crippen LogP) is 6.13. The van der Waals surface area contributed by atoms with Crippen LogP contribution in [0, 0.1) is 17.8 Å². The van der Waals surface area contributed by atoms with Crippen molar-refractivity contribution in [1.82, 2.24) is 5.48 Å². The van der Waals surface area contributed by atoms with Gasteiger partial charge >= 0.3 is 17.9 Å². The van der Waals surface area contributed by atoms with Gasteiger partial charge < -0.3 is 19.8 Å². The Labute approximate surface area is 233 Å². The zero-order valence-corrected chi connectivity index (χ0v) is 23.6. The highest BCUT2D eigenvalue weighted by molar-refractivity contribution is 5.99. The van der Waals surface area contributed by atoms with E-state index < -0.39 is 29.2 Å². The number of carbonyl (C=O) groups excluding carboxylic acids is 3. The normalized spacial score (nSPS) is 12.2. The van der Waals surface area contributed by atoms with Crippen molar-refractivity contribution >= 4 is 30.1 Å². The van der Waals surface area contributed by atoms with E-state index in [0.29, 0.717) is 32.0 Å². The van der Waals surface area contributed by atoms with Crippen LogP contribution in [0.5, 0.6) is 0 Å². The number of carbonyl (C=O) groups is 5. The molecule has 9 nitrogen and oxygen atoms in total. The van der Waals surface area contributed by atoms with Gasteiger partial charge in [0.1, 0.15) is 6.29 Å². The molecule has 1 amide bonds. The fourth-order valence-electron chi connectivity index (χ4n) is 4.53. The third-order valence-electron chi connectivity index (χ3n) is 6.95. The van der Waals surface area contributed by atoms with Crippen molar-refractivity contribution < 1.29 is 39.0 Å². The van der Waals surface area contributed by atoms with Crippen LogP contribution in [-0.2, 0) is 28.8 Å². The molecule has 0 heterocycles. The summed E-state index contributed by atoms with van der Waals surface area (Å²) in [4.78, 5) is 63.3. The predicted molar refractivity (Wildman–Crippen MR) is 148 cm³/mol. The summed E-state index contributed by atoms with van der Waals surface area (Å²) in [6, 6.07) is 0. The molecule has 0 fully saturated rings. The van der Waals surface area contributed by atoms with E-state index in [4.69, 9.17) is 16.4 Å². The molecular weight excluding hydrogens is 502 g/mol. The number of aldehydes is 1. The lowest BCUT2D eigenvalue weighted by molar-refractivity contribution is -0.178. The molecule has 0 rings (SSSR count). The smallest absolute Gasteiger partial charge is 0.349 e. The Bertz CT molecular complexity index is 761. The average molecular weight is 552 g/mol.